The molecule has 1 amide bonds. The second-order valence-corrected chi connectivity index (χ2v) is 10.1. The number of amides is 1. The van der Waals surface area contributed by atoms with Gasteiger partial charge in [0.15, 0.2) is 0 Å². The third-order valence-electron chi connectivity index (χ3n) is 5.69. The van der Waals surface area contributed by atoms with Crippen LogP contribution in [0.4, 0.5) is 5.82 Å². The lowest BCUT2D eigenvalue weighted by molar-refractivity contribution is -0.121. The van der Waals surface area contributed by atoms with Gasteiger partial charge in [0.05, 0.1) is 10.5 Å². The van der Waals surface area contributed by atoms with Crippen LogP contribution in [0.15, 0.2) is 40.7 Å². The van der Waals surface area contributed by atoms with Gasteiger partial charge in [-0.3, -0.25) is 18.9 Å². The van der Waals surface area contributed by atoms with Gasteiger partial charge in [-0.15, -0.1) is 6.58 Å². The largest absolute Gasteiger partial charge is 0.355 e. The Morgan fingerprint density at radius 3 is 2.68 bits per heavy atom. The lowest BCUT2D eigenvalue weighted by Gasteiger charge is -2.36. The first-order chi connectivity index (χ1) is 14.8. The van der Waals surface area contributed by atoms with Crippen LogP contribution >= 0.6 is 24.0 Å². The number of anilines is 1. The number of fused-ring (bicyclic) bond motifs is 1. The molecule has 8 heteroatoms. The van der Waals surface area contributed by atoms with Crippen molar-refractivity contribution in [3.63, 3.8) is 0 Å². The predicted octanol–water partition coefficient (Wildman–Crippen LogP) is 3.87. The highest BCUT2D eigenvalue weighted by Crippen LogP contribution is 2.34. The summed E-state index contributed by atoms with van der Waals surface area (Å²) in [5, 5.41) is 0. The molecule has 0 aromatic carbocycles. The van der Waals surface area contributed by atoms with Crippen molar-refractivity contribution in [2.45, 2.75) is 27.2 Å². The SMILES string of the molecule is C=CCN1C(=O)/C(=C\c2c(N3C[C@H](C)C[C@H](C)C3)nc3c(C)cccn3c2=O)SC1=S. The topological polar surface area (TPSA) is 57.9 Å². The number of aryl methyl sites for hydroxylation is 1. The first-order valence-electron chi connectivity index (χ1n) is 10.4. The van der Waals surface area contributed by atoms with E-state index in [0.29, 0.717) is 44.6 Å². The zero-order valence-corrected chi connectivity index (χ0v) is 19.6. The number of hydrogen-bond donors (Lipinski definition) is 0. The molecule has 0 saturated carbocycles. The Balaban J connectivity index is 1.90. The van der Waals surface area contributed by atoms with Gasteiger partial charge in [0.1, 0.15) is 15.8 Å². The van der Waals surface area contributed by atoms with Crippen molar-refractivity contribution in [3.8, 4) is 0 Å². The van der Waals surface area contributed by atoms with Gasteiger partial charge in [-0.25, -0.2) is 4.98 Å². The quantitative estimate of drug-likeness (QED) is 0.397. The third-order valence-corrected chi connectivity index (χ3v) is 7.07. The number of rotatable bonds is 4. The summed E-state index contributed by atoms with van der Waals surface area (Å²) in [6.07, 6.45) is 6.19. The number of pyridine rings is 1. The number of thioether (sulfide) groups is 1. The molecule has 2 aliphatic rings. The van der Waals surface area contributed by atoms with Crippen molar-refractivity contribution in [2.24, 2.45) is 11.8 Å². The Hall–Kier alpha value is -2.45. The van der Waals surface area contributed by atoms with Crippen LogP contribution in [-0.4, -0.2) is 44.1 Å². The number of carbonyl (C=O) groups is 1. The van der Waals surface area contributed by atoms with Gasteiger partial charge in [0.2, 0.25) is 0 Å². The fraction of sp³-hybridized carbons (Fsp3) is 0.391. The van der Waals surface area contributed by atoms with E-state index in [4.69, 9.17) is 17.2 Å². The van der Waals surface area contributed by atoms with Crippen LogP contribution in [0.1, 0.15) is 31.4 Å². The molecule has 2 aliphatic heterocycles. The van der Waals surface area contributed by atoms with Gasteiger partial charge in [-0.2, -0.15) is 0 Å². The Morgan fingerprint density at radius 1 is 1.29 bits per heavy atom. The molecule has 0 aliphatic carbocycles. The Morgan fingerprint density at radius 2 is 2.00 bits per heavy atom. The average Bonchev–Trinajstić information content (AvgIpc) is 2.97. The number of hydrogen-bond acceptors (Lipinski definition) is 6. The molecule has 162 valence electrons. The van der Waals surface area contributed by atoms with Crippen LogP contribution < -0.4 is 10.5 Å². The van der Waals surface area contributed by atoms with Crippen LogP contribution in [0, 0.1) is 18.8 Å². The summed E-state index contributed by atoms with van der Waals surface area (Å²) in [6, 6.07) is 3.79. The lowest BCUT2D eigenvalue weighted by atomic mass is 9.91. The second kappa shape index (κ2) is 8.59. The summed E-state index contributed by atoms with van der Waals surface area (Å²) < 4.78 is 2.04. The number of thiocarbonyl (C=S) groups is 1. The van der Waals surface area contributed by atoms with E-state index in [9.17, 15) is 9.59 Å². The molecule has 2 saturated heterocycles. The maximum Gasteiger partial charge on any atom is 0.267 e. The van der Waals surface area contributed by atoms with Gasteiger partial charge >= 0.3 is 0 Å². The van der Waals surface area contributed by atoms with E-state index in [1.165, 1.54) is 16.7 Å². The Bertz CT molecular complexity index is 1160. The third kappa shape index (κ3) is 4.06. The van der Waals surface area contributed by atoms with Crippen molar-refractivity contribution < 1.29 is 4.79 Å². The van der Waals surface area contributed by atoms with Gasteiger partial charge in [0.25, 0.3) is 11.5 Å². The molecule has 2 aromatic rings. The molecule has 0 N–H and O–H groups in total. The van der Waals surface area contributed by atoms with Gasteiger partial charge in [-0.1, -0.05) is 50.0 Å². The summed E-state index contributed by atoms with van der Waals surface area (Å²) in [5.74, 6) is 1.45. The summed E-state index contributed by atoms with van der Waals surface area (Å²) in [5.41, 5.74) is 1.83. The van der Waals surface area contributed by atoms with E-state index in [1.54, 1.807) is 22.7 Å². The van der Waals surface area contributed by atoms with Crippen molar-refractivity contribution >= 4 is 51.7 Å². The highest BCUT2D eigenvalue weighted by atomic mass is 32.2. The maximum atomic E-state index is 13.6. The molecular weight excluding hydrogens is 428 g/mol. The lowest BCUT2D eigenvalue weighted by Crippen LogP contribution is -2.40. The molecule has 2 aromatic heterocycles. The minimum Gasteiger partial charge on any atom is -0.355 e. The molecule has 4 heterocycles. The maximum absolute atomic E-state index is 13.6. The molecule has 0 spiro atoms. The van der Waals surface area contributed by atoms with Crippen LogP contribution in [0.2, 0.25) is 0 Å². The van der Waals surface area contributed by atoms with E-state index < -0.39 is 0 Å². The molecule has 0 radical (unpaired) electrons. The summed E-state index contributed by atoms with van der Waals surface area (Å²) in [6.45, 7) is 12.1. The highest BCUT2D eigenvalue weighted by Gasteiger charge is 2.33. The van der Waals surface area contributed by atoms with Crippen molar-refractivity contribution in [3.05, 3.63) is 57.4 Å². The molecule has 2 fully saturated rings. The Kier molecular flexibility index (Phi) is 6.03. The minimum atomic E-state index is -0.199. The zero-order chi connectivity index (χ0) is 22.3. The van der Waals surface area contributed by atoms with Crippen molar-refractivity contribution in [2.75, 3.05) is 24.5 Å². The highest BCUT2D eigenvalue weighted by molar-refractivity contribution is 8.26. The fourth-order valence-corrected chi connectivity index (χ4v) is 5.68. The summed E-state index contributed by atoms with van der Waals surface area (Å²) in [4.78, 5) is 35.5. The number of piperidine rings is 1. The number of aromatic nitrogens is 2. The number of nitrogens with zero attached hydrogens (tertiary/aromatic N) is 4. The van der Waals surface area contributed by atoms with Gasteiger partial charge in [-0.05, 0) is 42.9 Å². The molecule has 6 nitrogen and oxygen atoms in total. The standard InChI is InChI=1S/C23H26N4O2S2/c1-5-8-27-22(29)18(31-23(27)30)11-17-20(25-12-14(2)10-15(3)13-25)24-19-16(4)7-6-9-26(19)21(17)28/h5-7,9,11,14-15H,1,8,10,12-13H2,2-4H3/b18-11+/t14-,15+. The van der Waals surface area contributed by atoms with Crippen LogP contribution in [-0.2, 0) is 4.79 Å². The van der Waals surface area contributed by atoms with E-state index in [0.717, 1.165) is 25.1 Å². The van der Waals surface area contributed by atoms with Crippen LogP contribution in [0.3, 0.4) is 0 Å². The minimum absolute atomic E-state index is 0.177. The fourth-order valence-electron chi connectivity index (χ4n) is 4.42. The van der Waals surface area contributed by atoms with E-state index in [-0.39, 0.29) is 11.5 Å². The molecule has 0 unspecified atom stereocenters. The second-order valence-electron chi connectivity index (χ2n) is 8.47. The Labute approximate surface area is 191 Å². The van der Waals surface area contributed by atoms with E-state index in [2.05, 4.69) is 25.3 Å². The smallest absolute Gasteiger partial charge is 0.267 e. The van der Waals surface area contributed by atoms with E-state index >= 15 is 0 Å². The summed E-state index contributed by atoms with van der Waals surface area (Å²) >= 11 is 6.58. The molecule has 4 rings (SSSR count). The van der Waals surface area contributed by atoms with Crippen molar-refractivity contribution in [1.82, 2.24) is 14.3 Å². The zero-order valence-electron chi connectivity index (χ0n) is 18.0. The molecular formula is C23H26N4O2S2. The monoisotopic (exact) mass is 454 g/mol. The molecule has 2 atom stereocenters. The first-order valence-corrected chi connectivity index (χ1v) is 11.7. The van der Waals surface area contributed by atoms with Gasteiger partial charge < -0.3 is 4.90 Å². The average molecular weight is 455 g/mol. The molecule has 31 heavy (non-hydrogen) atoms. The summed E-state index contributed by atoms with van der Waals surface area (Å²) in [7, 11) is 0. The van der Waals surface area contributed by atoms with Crippen LogP contribution in [0.5, 0.6) is 0 Å². The van der Waals surface area contributed by atoms with Crippen LogP contribution in [0.25, 0.3) is 11.7 Å². The predicted molar refractivity (Wildman–Crippen MR) is 131 cm³/mol. The van der Waals surface area contributed by atoms with Crippen molar-refractivity contribution in [1.29, 1.82) is 0 Å². The number of carbonyl (C=O) groups excluding carboxylic acids is 1. The van der Waals surface area contributed by atoms with E-state index in [1.807, 2.05) is 19.1 Å². The molecule has 0 bridgehead atoms. The first kappa shape index (κ1) is 21.8. The van der Waals surface area contributed by atoms with Gasteiger partial charge in [0, 0.05) is 25.8 Å². The normalized spacial score (nSPS) is 23.3.